The maximum absolute atomic E-state index is 12.8. The van der Waals surface area contributed by atoms with E-state index in [1.807, 2.05) is 0 Å². The van der Waals surface area contributed by atoms with Gasteiger partial charge in [-0.1, -0.05) is 211 Å². The predicted molar refractivity (Wildman–Crippen MR) is 270 cm³/mol. The molecular weight excluding hydrogens is 765 g/mol. The average Bonchev–Trinajstić information content (AvgIpc) is 3.27. The SMILES string of the molecule is CCCCC/C=C\C/C=C\CCCCCCCCCCCCOCC(COC(=O)CCCCCCC/C=C\CCCCCC)OC(=O)CCCCCCC/C=C\CCCCCC. The minimum Gasteiger partial charge on any atom is -0.462 e. The number of hydrogen-bond acceptors (Lipinski definition) is 5. The third kappa shape index (κ3) is 50.5. The van der Waals surface area contributed by atoms with Gasteiger partial charge in [0.15, 0.2) is 6.10 Å². The van der Waals surface area contributed by atoms with Crippen molar-refractivity contribution in [3.8, 4) is 0 Å². The smallest absolute Gasteiger partial charge is 0.306 e. The van der Waals surface area contributed by atoms with Crippen LogP contribution in [0.25, 0.3) is 0 Å². The van der Waals surface area contributed by atoms with Crippen LogP contribution in [0.3, 0.4) is 0 Å². The number of unbranched alkanes of at least 4 members (excludes halogenated alkanes) is 31. The quantitative estimate of drug-likeness (QED) is 0.0346. The zero-order valence-corrected chi connectivity index (χ0v) is 41.6. The maximum Gasteiger partial charge on any atom is 0.306 e. The molecule has 0 bridgehead atoms. The van der Waals surface area contributed by atoms with Crippen molar-refractivity contribution in [2.24, 2.45) is 0 Å². The molecule has 0 heterocycles. The second-order valence-electron chi connectivity index (χ2n) is 18.1. The Morgan fingerprint density at radius 2 is 0.677 bits per heavy atom. The summed E-state index contributed by atoms with van der Waals surface area (Å²) < 4.78 is 17.4. The Bertz CT molecular complexity index is 1030. The summed E-state index contributed by atoms with van der Waals surface area (Å²) in [7, 11) is 0. The molecule has 362 valence electrons. The summed E-state index contributed by atoms with van der Waals surface area (Å²) in [5.74, 6) is -0.409. The van der Waals surface area contributed by atoms with Gasteiger partial charge in [-0.15, -0.1) is 0 Å². The Morgan fingerprint density at radius 3 is 1.11 bits per heavy atom. The van der Waals surface area contributed by atoms with Crippen LogP contribution >= 0.6 is 0 Å². The highest BCUT2D eigenvalue weighted by atomic mass is 16.6. The molecule has 0 saturated carbocycles. The number of allylic oxidation sites excluding steroid dienone is 8. The van der Waals surface area contributed by atoms with E-state index < -0.39 is 6.10 Å². The van der Waals surface area contributed by atoms with Crippen molar-refractivity contribution in [2.75, 3.05) is 19.8 Å². The average molecular weight is 869 g/mol. The summed E-state index contributed by atoms with van der Waals surface area (Å²) in [5, 5.41) is 0. The van der Waals surface area contributed by atoms with E-state index in [1.54, 1.807) is 0 Å². The van der Waals surface area contributed by atoms with Crippen molar-refractivity contribution in [1.82, 2.24) is 0 Å². The first kappa shape index (κ1) is 59.9. The normalized spacial score (nSPS) is 12.5. The minimum atomic E-state index is -0.543. The summed E-state index contributed by atoms with van der Waals surface area (Å²) in [6.45, 7) is 7.78. The molecule has 0 N–H and O–H groups in total. The molecule has 0 aliphatic carbocycles. The van der Waals surface area contributed by atoms with Crippen molar-refractivity contribution in [2.45, 2.75) is 284 Å². The summed E-state index contributed by atoms with van der Waals surface area (Å²) >= 11 is 0. The van der Waals surface area contributed by atoms with Crippen LogP contribution in [0.5, 0.6) is 0 Å². The van der Waals surface area contributed by atoms with Gasteiger partial charge in [0.1, 0.15) is 6.61 Å². The lowest BCUT2D eigenvalue weighted by molar-refractivity contribution is -0.163. The summed E-state index contributed by atoms with van der Waals surface area (Å²) in [6.07, 6.45) is 65.5. The molecule has 1 unspecified atom stereocenters. The fourth-order valence-corrected chi connectivity index (χ4v) is 7.71. The van der Waals surface area contributed by atoms with E-state index >= 15 is 0 Å². The van der Waals surface area contributed by atoms with E-state index in [0.29, 0.717) is 19.4 Å². The fraction of sp³-hybridized carbons (Fsp3) is 0.825. The lowest BCUT2D eigenvalue weighted by Crippen LogP contribution is -2.30. The number of rotatable bonds is 50. The fourth-order valence-electron chi connectivity index (χ4n) is 7.71. The highest BCUT2D eigenvalue weighted by Gasteiger charge is 2.17. The lowest BCUT2D eigenvalue weighted by atomic mass is 10.1. The van der Waals surface area contributed by atoms with Crippen molar-refractivity contribution >= 4 is 11.9 Å². The Kier molecular flexibility index (Phi) is 51.4. The van der Waals surface area contributed by atoms with Gasteiger partial charge in [-0.2, -0.15) is 0 Å². The Labute approximate surface area is 386 Å². The number of ether oxygens (including phenoxy) is 3. The van der Waals surface area contributed by atoms with E-state index in [0.717, 1.165) is 70.6 Å². The molecule has 1 atom stereocenters. The molecular formula is C57H104O5. The molecule has 0 aromatic rings. The van der Waals surface area contributed by atoms with Crippen molar-refractivity contribution in [3.63, 3.8) is 0 Å². The number of carbonyl (C=O) groups excluding carboxylic acids is 2. The standard InChI is InChI=1S/C57H104O5/c1-4-7-10-13-16-19-22-25-26-27-28-29-30-31-34-37-40-43-46-49-52-60-53-55(62-57(59)51-48-45-42-39-36-33-24-21-18-15-12-9-6-3)54-61-56(58)50-47-44-41-38-35-32-23-20-17-14-11-8-5-2/h16,19-21,23-26,55H,4-15,17-18,22,27-54H2,1-3H3/b19-16-,23-20-,24-21-,26-25-. The second kappa shape index (κ2) is 53.2. The van der Waals surface area contributed by atoms with Crippen LogP contribution in [0.4, 0.5) is 0 Å². The zero-order chi connectivity index (χ0) is 44.9. The van der Waals surface area contributed by atoms with Crippen molar-refractivity contribution in [3.05, 3.63) is 48.6 Å². The maximum atomic E-state index is 12.8. The van der Waals surface area contributed by atoms with Gasteiger partial charge in [-0.05, 0) is 103 Å². The first-order valence-electron chi connectivity index (χ1n) is 27.2. The number of hydrogen-bond donors (Lipinski definition) is 0. The van der Waals surface area contributed by atoms with E-state index in [4.69, 9.17) is 14.2 Å². The monoisotopic (exact) mass is 869 g/mol. The van der Waals surface area contributed by atoms with Gasteiger partial charge in [0.2, 0.25) is 0 Å². The van der Waals surface area contributed by atoms with Gasteiger partial charge in [0, 0.05) is 19.4 Å². The van der Waals surface area contributed by atoms with E-state index in [2.05, 4.69) is 69.4 Å². The van der Waals surface area contributed by atoms with Crippen LogP contribution in [-0.4, -0.2) is 37.9 Å². The Hall–Kier alpha value is -2.14. The molecule has 5 nitrogen and oxygen atoms in total. The van der Waals surface area contributed by atoms with Crippen LogP contribution in [0.2, 0.25) is 0 Å². The van der Waals surface area contributed by atoms with Gasteiger partial charge >= 0.3 is 11.9 Å². The van der Waals surface area contributed by atoms with Crippen LogP contribution in [0, 0.1) is 0 Å². The molecule has 0 radical (unpaired) electrons. The predicted octanol–water partition coefficient (Wildman–Crippen LogP) is 18.3. The van der Waals surface area contributed by atoms with E-state index in [9.17, 15) is 9.59 Å². The summed E-state index contributed by atoms with van der Waals surface area (Å²) in [4.78, 5) is 25.4. The Morgan fingerprint density at radius 1 is 0.355 bits per heavy atom. The molecule has 0 fully saturated rings. The zero-order valence-electron chi connectivity index (χ0n) is 41.6. The lowest BCUT2D eigenvalue weighted by Gasteiger charge is -2.18. The number of esters is 2. The highest BCUT2D eigenvalue weighted by molar-refractivity contribution is 5.70. The third-order valence-corrected chi connectivity index (χ3v) is 11.8. The van der Waals surface area contributed by atoms with Gasteiger partial charge in [0.05, 0.1) is 6.61 Å². The van der Waals surface area contributed by atoms with E-state index in [-0.39, 0.29) is 25.2 Å². The first-order chi connectivity index (χ1) is 30.6. The van der Waals surface area contributed by atoms with Crippen molar-refractivity contribution < 1.29 is 23.8 Å². The molecule has 0 saturated heterocycles. The minimum absolute atomic E-state index is 0.0784. The molecule has 62 heavy (non-hydrogen) atoms. The molecule has 5 heteroatoms. The molecule has 0 aliphatic heterocycles. The topological polar surface area (TPSA) is 61.8 Å². The summed E-state index contributed by atoms with van der Waals surface area (Å²) in [6, 6.07) is 0. The first-order valence-corrected chi connectivity index (χ1v) is 27.2. The summed E-state index contributed by atoms with van der Waals surface area (Å²) in [5.41, 5.74) is 0. The second-order valence-corrected chi connectivity index (χ2v) is 18.1. The van der Waals surface area contributed by atoms with Crippen LogP contribution in [0.1, 0.15) is 278 Å². The molecule has 0 rings (SSSR count). The number of carbonyl (C=O) groups is 2. The van der Waals surface area contributed by atoms with E-state index in [1.165, 1.54) is 173 Å². The third-order valence-electron chi connectivity index (χ3n) is 11.8. The van der Waals surface area contributed by atoms with Gasteiger partial charge in [0.25, 0.3) is 0 Å². The van der Waals surface area contributed by atoms with Crippen LogP contribution in [0.15, 0.2) is 48.6 Å². The molecule has 0 amide bonds. The Balaban J connectivity index is 4.23. The van der Waals surface area contributed by atoms with Crippen LogP contribution in [-0.2, 0) is 23.8 Å². The largest absolute Gasteiger partial charge is 0.462 e. The van der Waals surface area contributed by atoms with Crippen molar-refractivity contribution in [1.29, 1.82) is 0 Å². The molecule has 0 aromatic heterocycles. The van der Waals surface area contributed by atoms with Gasteiger partial charge in [-0.3, -0.25) is 9.59 Å². The van der Waals surface area contributed by atoms with Gasteiger partial charge < -0.3 is 14.2 Å². The molecule has 0 aromatic carbocycles. The highest BCUT2D eigenvalue weighted by Crippen LogP contribution is 2.14. The van der Waals surface area contributed by atoms with Gasteiger partial charge in [-0.25, -0.2) is 0 Å². The molecule has 0 spiro atoms. The molecule has 0 aliphatic rings. The van der Waals surface area contributed by atoms with Crippen LogP contribution < -0.4 is 0 Å².